The molecule has 4 saturated carbocycles. The zero-order valence-electron chi connectivity index (χ0n) is 18.1. The molecule has 0 radical (unpaired) electrons. The fraction of sp³-hybridized carbons (Fsp3) is 1.00. The lowest BCUT2D eigenvalue weighted by molar-refractivity contribution is -0.184. The van der Waals surface area contributed by atoms with Gasteiger partial charge in [0.1, 0.15) is 0 Å². The molecule has 150 valence electrons. The summed E-state index contributed by atoms with van der Waals surface area (Å²) in [5.74, 6) is 2.59. The zero-order chi connectivity index (χ0) is 19.0. The van der Waals surface area contributed by atoms with Crippen LogP contribution in [0.3, 0.4) is 0 Å². The lowest BCUT2D eigenvalue weighted by Gasteiger charge is -2.66. The third kappa shape index (κ3) is 2.24. The number of ether oxygens (including phenoxy) is 1. The van der Waals surface area contributed by atoms with Crippen LogP contribution in [0.1, 0.15) is 92.4 Å². The second kappa shape index (κ2) is 5.96. The van der Waals surface area contributed by atoms with Crippen molar-refractivity contribution in [3.05, 3.63) is 0 Å². The Balaban J connectivity index is 1.64. The van der Waals surface area contributed by atoms with Crippen molar-refractivity contribution in [2.24, 2.45) is 39.4 Å². The van der Waals surface area contributed by atoms with Gasteiger partial charge in [-0.1, -0.05) is 27.7 Å². The molecule has 0 heterocycles. The van der Waals surface area contributed by atoms with Crippen LogP contribution in [0.2, 0.25) is 0 Å². The molecule has 1 N–H and O–H groups in total. The van der Waals surface area contributed by atoms with Crippen LogP contribution < -0.4 is 0 Å². The Morgan fingerprint density at radius 1 is 0.846 bits per heavy atom. The highest BCUT2D eigenvalue weighted by atomic mass is 16.5. The van der Waals surface area contributed by atoms with Gasteiger partial charge in [0.05, 0.1) is 12.2 Å². The Morgan fingerprint density at radius 3 is 2.12 bits per heavy atom. The van der Waals surface area contributed by atoms with Crippen LogP contribution in [-0.2, 0) is 4.74 Å². The molecule has 0 spiro atoms. The van der Waals surface area contributed by atoms with E-state index in [-0.39, 0.29) is 11.5 Å². The van der Waals surface area contributed by atoms with Gasteiger partial charge in [0.2, 0.25) is 0 Å². The van der Waals surface area contributed by atoms with Crippen molar-refractivity contribution in [1.82, 2.24) is 0 Å². The lowest BCUT2D eigenvalue weighted by atomic mass is 9.39. The lowest BCUT2D eigenvalue weighted by Crippen LogP contribution is -2.59. The first-order chi connectivity index (χ1) is 12.1. The molecule has 0 unspecified atom stereocenters. The monoisotopic (exact) mass is 362 g/mol. The molecule has 0 saturated heterocycles. The summed E-state index contributed by atoms with van der Waals surface area (Å²) < 4.78 is 5.80. The Hall–Kier alpha value is -0.0800. The summed E-state index contributed by atoms with van der Waals surface area (Å²) in [6.07, 6.45) is 12.2. The van der Waals surface area contributed by atoms with Gasteiger partial charge in [0.15, 0.2) is 0 Å². The van der Waals surface area contributed by atoms with Gasteiger partial charge in [-0.3, -0.25) is 0 Å². The van der Waals surface area contributed by atoms with E-state index in [4.69, 9.17) is 4.74 Å². The summed E-state index contributed by atoms with van der Waals surface area (Å²) in [4.78, 5) is 0. The summed E-state index contributed by atoms with van der Waals surface area (Å²) >= 11 is 0. The molecule has 0 aliphatic heterocycles. The van der Waals surface area contributed by atoms with Crippen LogP contribution in [0.15, 0.2) is 0 Å². The van der Waals surface area contributed by atoms with Crippen molar-refractivity contribution in [3.8, 4) is 0 Å². The third-order valence-electron chi connectivity index (χ3n) is 11.3. The van der Waals surface area contributed by atoms with Gasteiger partial charge in [0, 0.05) is 7.11 Å². The van der Waals surface area contributed by atoms with E-state index in [2.05, 4.69) is 27.7 Å². The molecule has 26 heavy (non-hydrogen) atoms. The Morgan fingerprint density at radius 2 is 1.46 bits per heavy atom. The number of methoxy groups -OCH3 is 1. The van der Waals surface area contributed by atoms with Crippen LogP contribution in [-0.4, -0.2) is 24.4 Å². The van der Waals surface area contributed by atoms with Crippen molar-refractivity contribution < 1.29 is 9.84 Å². The minimum atomic E-state index is -0.185. The van der Waals surface area contributed by atoms with Gasteiger partial charge in [0.25, 0.3) is 0 Å². The molecule has 4 fully saturated rings. The van der Waals surface area contributed by atoms with Crippen molar-refractivity contribution in [2.45, 2.75) is 105 Å². The highest BCUT2D eigenvalue weighted by Gasteiger charge is 2.66. The van der Waals surface area contributed by atoms with E-state index in [9.17, 15) is 5.11 Å². The second-order valence-electron chi connectivity index (χ2n) is 11.6. The van der Waals surface area contributed by atoms with E-state index in [0.29, 0.717) is 22.3 Å². The maximum atomic E-state index is 10.6. The number of hydrogen-bond donors (Lipinski definition) is 1. The predicted molar refractivity (Wildman–Crippen MR) is 107 cm³/mol. The standard InChI is InChI=1S/C24H42O2/c1-16(25)22(3)13-9-20-18-8-11-21(2)15-17(26-6)7-12-23(21,4)19(18)10-14-24(20,22)5/h16-20,25H,7-15H2,1-6H3/t16-,17+,18-,19+,20+,21-,22+,23+,24+/m0/s1. The van der Waals surface area contributed by atoms with Crippen molar-refractivity contribution in [1.29, 1.82) is 0 Å². The molecular formula is C24H42O2. The topological polar surface area (TPSA) is 29.5 Å². The molecule has 2 nitrogen and oxygen atoms in total. The van der Waals surface area contributed by atoms with Gasteiger partial charge in [-0.15, -0.1) is 0 Å². The fourth-order valence-electron chi connectivity index (χ4n) is 8.78. The van der Waals surface area contributed by atoms with Gasteiger partial charge in [-0.2, -0.15) is 0 Å². The maximum absolute atomic E-state index is 10.6. The summed E-state index contributed by atoms with van der Waals surface area (Å²) in [6, 6.07) is 0. The summed E-state index contributed by atoms with van der Waals surface area (Å²) in [5.41, 5.74) is 1.37. The van der Waals surface area contributed by atoms with Crippen LogP contribution in [0.25, 0.3) is 0 Å². The Kier molecular flexibility index (Phi) is 4.41. The number of hydrogen-bond acceptors (Lipinski definition) is 2. The zero-order valence-corrected chi connectivity index (χ0v) is 18.1. The van der Waals surface area contributed by atoms with E-state index < -0.39 is 0 Å². The van der Waals surface area contributed by atoms with Gasteiger partial charge >= 0.3 is 0 Å². The SMILES string of the molecule is CO[C@@H]1CC[C@]2(C)[C@@H]3CC[C@]4(C)[C@H](CC[C@]4(C)[C@H](C)O)[C@H]3CC[C@@]2(C)C1. The molecule has 4 aliphatic rings. The van der Waals surface area contributed by atoms with Crippen LogP contribution >= 0.6 is 0 Å². The van der Waals surface area contributed by atoms with Crippen LogP contribution in [0.5, 0.6) is 0 Å². The van der Waals surface area contributed by atoms with Gasteiger partial charge < -0.3 is 9.84 Å². The van der Waals surface area contributed by atoms with E-state index in [1.54, 1.807) is 0 Å². The average molecular weight is 363 g/mol. The third-order valence-corrected chi connectivity index (χ3v) is 11.3. The molecule has 4 rings (SSSR count). The van der Waals surface area contributed by atoms with Gasteiger partial charge in [-0.25, -0.2) is 0 Å². The first-order valence-corrected chi connectivity index (χ1v) is 11.3. The fourth-order valence-corrected chi connectivity index (χ4v) is 8.78. The molecule has 4 aliphatic carbocycles. The molecule has 0 bridgehead atoms. The highest BCUT2D eigenvalue weighted by molar-refractivity contribution is 5.15. The molecule has 2 heteroatoms. The van der Waals surface area contributed by atoms with Crippen molar-refractivity contribution in [3.63, 3.8) is 0 Å². The quantitative estimate of drug-likeness (QED) is 0.670. The van der Waals surface area contributed by atoms with Crippen LogP contribution in [0, 0.1) is 39.4 Å². The first kappa shape index (κ1) is 19.2. The molecule has 0 aromatic heterocycles. The number of aliphatic hydroxyl groups excluding tert-OH is 1. The average Bonchev–Trinajstić information content (AvgIpc) is 2.88. The summed E-state index contributed by atoms with van der Waals surface area (Å²) in [7, 11) is 1.91. The van der Waals surface area contributed by atoms with E-state index in [1.165, 1.54) is 57.8 Å². The number of rotatable bonds is 2. The first-order valence-electron chi connectivity index (χ1n) is 11.3. The molecular weight excluding hydrogens is 320 g/mol. The minimum Gasteiger partial charge on any atom is -0.393 e. The van der Waals surface area contributed by atoms with E-state index in [0.717, 1.165) is 17.8 Å². The van der Waals surface area contributed by atoms with Crippen LogP contribution in [0.4, 0.5) is 0 Å². The Labute approximate surface area is 161 Å². The summed E-state index contributed by atoms with van der Waals surface area (Å²) in [5, 5.41) is 10.6. The van der Waals surface area contributed by atoms with Crippen molar-refractivity contribution in [2.75, 3.05) is 7.11 Å². The van der Waals surface area contributed by atoms with Crippen molar-refractivity contribution >= 4 is 0 Å². The van der Waals surface area contributed by atoms with E-state index >= 15 is 0 Å². The Bertz CT molecular complexity index is 558. The van der Waals surface area contributed by atoms with Gasteiger partial charge in [-0.05, 0) is 104 Å². The highest BCUT2D eigenvalue weighted by Crippen LogP contribution is 2.73. The van der Waals surface area contributed by atoms with E-state index in [1.807, 2.05) is 14.0 Å². The molecule has 0 amide bonds. The smallest absolute Gasteiger partial charge is 0.0577 e. The number of aliphatic hydroxyl groups is 1. The molecule has 9 atom stereocenters. The largest absolute Gasteiger partial charge is 0.393 e. The summed E-state index contributed by atoms with van der Waals surface area (Å²) in [6.45, 7) is 12.2. The molecule has 0 aromatic carbocycles. The predicted octanol–water partition coefficient (Wildman–Crippen LogP) is 5.82. The second-order valence-corrected chi connectivity index (χ2v) is 11.6. The number of fused-ring (bicyclic) bond motifs is 5. The molecule has 0 aromatic rings. The normalized spacial score (nSPS) is 57.8. The minimum absolute atomic E-state index is 0.109. The maximum Gasteiger partial charge on any atom is 0.0577 e.